The first-order valence-electron chi connectivity index (χ1n) is 4.30. The number of aromatic nitrogens is 2. The Bertz CT molecular complexity index is 287. The van der Waals surface area contributed by atoms with Crippen LogP contribution in [0.15, 0.2) is 4.52 Å². The lowest BCUT2D eigenvalue weighted by Crippen LogP contribution is -2.01. The van der Waals surface area contributed by atoms with Crippen LogP contribution in [0, 0.1) is 19.3 Å². The standard InChI is InChI=1S/C9H13N3O/c1-3-4-5-6-7-10-9-11-8(2)12-13-9/h1H,4-7H2,2H3,(H,10,11,12). The summed E-state index contributed by atoms with van der Waals surface area (Å²) in [5.41, 5.74) is 0. The van der Waals surface area contributed by atoms with Crippen molar-refractivity contribution in [1.82, 2.24) is 10.1 Å². The average molecular weight is 179 g/mol. The summed E-state index contributed by atoms with van der Waals surface area (Å²) >= 11 is 0. The highest BCUT2D eigenvalue weighted by molar-refractivity contribution is 5.17. The summed E-state index contributed by atoms with van der Waals surface area (Å²) in [6, 6.07) is 0.484. The molecule has 0 radical (unpaired) electrons. The Morgan fingerprint density at radius 2 is 2.38 bits per heavy atom. The number of aryl methyl sites for hydroxylation is 1. The molecule has 1 aromatic rings. The topological polar surface area (TPSA) is 51.0 Å². The van der Waals surface area contributed by atoms with Gasteiger partial charge in [0.05, 0.1) is 0 Å². The molecule has 0 amide bonds. The summed E-state index contributed by atoms with van der Waals surface area (Å²) in [5.74, 6) is 3.24. The van der Waals surface area contributed by atoms with E-state index in [1.807, 2.05) is 0 Å². The Labute approximate surface area is 77.7 Å². The first-order valence-corrected chi connectivity index (χ1v) is 4.30. The van der Waals surface area contributed by atoms with Crippen molar-refractivity contribution in [3.05, 3.63) is 5.82 Å². The number of hydrogen-bond donors (Lipinski definition) is 1. The van der Waals surface area contributed by atoms with E-state index < -0.39 is 0 Å². The molecule has 13 heavy (non-hydrogen) atoms. The van der Waals surface area contributed by atoms with Crippen LogP contribution in [0.3, 0.4) is 0 Å². The molecule has 70 valence electrons. The van der Waals surface area contributed by atoms with Crippen molar-refractivity contribution in [3.8, 4) is 12.3 Å². The Kier molecular flexibility index (Phi) is 3.83. The van der Waals surface area contributed by atoms with Crippen molar-refractivity contribution in [2.75, 3.05) is 11.9 Å². The Morgan fingerprint density at radius 1 is 1.54 bits per heavy atom. The third-order valence-electron chi connectivity index (χ3n) is 1.55. The van der Waals surface area contributed by atoms with Gasteiger partial charge >= 0.3 is 6.01 Å². The summed E-state index contributed by atoms with van der Waals surface area (Å²) in [7, 11) is 0. The molecule has 0 aliphatic carbocycles. The summed E-state index contributed by atoms with van der Waals surface area (Å²) in [4.78, 5) is 4.00. The fraction of sp³-hybridized carbons (Fsp3) is 0.556. The predicted molar refractivity (Wildman–Crippen MR) is 50.2 cm³/mol. The number of terminal acetylenes is 1. The summed E-state index contributed by atoms with van der Waals surface area (Å²) in [6.07, 6.45) is 7.98. The summed E-state index contributed by atoms with van der Waals surface area (Å²) < 4.78 is 4.86. The van der Waals surface area contributed by atoms with Crippen LogP contribution in [0.2, 0.25) is 0 Å². The highest BCUT2D eigenvalue weighted by Gasteiger charge is 1.99. The van der Waals surface area contributed by atoms with Gasteiger partial charge in [-0.2, -0.15) is 4.98 Å². The molecular weight excluding hydrogens is 166 g/mol. The molecule has 4 heteroatoms. The minimum atomic E-state index is 0.484. The average Bonchev–Trinajstić information content (AvgIpc) is 2.51. The van der Waals surface area contributed by atoms with Crippen molar-refractivity contribution < 1.29 is 4.52 Å². The van der Waals surface area contributed by atoms with Gasteiger partial charge in [0.1, 0.15) is 0 Å². The van der Waals surface area contributed by atoms with Gasteiger partial charge < -0.3 is 9.84 Å². The van der Waals surface area contributed by atoms with Crippen LogP contribution < -0.4 is 5.32 Å². The number of unbranched alkanes of at least 4 members (excludes halogenated alkanes) is 2. The molecule has 0 atom stereocenters. The Balaban J connectivity index is 2.10. The third kappa shape index (κ3) is 3.61. The molecule has 0 spiro atoms. The van der Waals surface area contributed by atoms with Gasteiger partial charge in [-0.05, 0) is 19.8 Å². The zero-order valence-corrected chi connectivity index (χ0v) is 7.71. The lowest BCUT2D eigenvalue weighted by Gasteiger charge is -1.97. The van der Waals surface area contributed by atoms with Crippen molar-refractivity contribution in [2.45, 2.75) is 26.2 Å². The minimum Gasteiger partial charge on any atom is -0.338 e. The molecular formula is C9H13N3O. The zero-order chi connectivity index (χ0) is 9.52. The normalized spacial score (nSPS) is 9.54. The van der Waals surface area contributed by atoms with E-state index >= 15 is 0 Å². The minimum absolute atomic E-state index is 0.484. The van der Waals surface area contributed by atoms with E-state index in [0.717, 1.165) is 25.8 Å². The second-order valence-electron chi connectivity index (χ2n) is 2.73. The SMILES string of the molecule is C#CCCCCNc1nc(C)no1. The van der Waals surface area contributed by atoms with Crippen molar-refractivity contribution in [1.29, 1.82) is 0 Å². The molecule has 0 bridgehead atoms. The Hall–Kier alpha value is -1.50. The van der Waals surface area contributed by atoms with Gasteiger partial charge in [-0.3, -0.25) is 0 Å². The van der Waals surface area contributed by atoms with Crippen molar-refractivity contribution >= 4 is 6.01 Å². The van der Waals surface area contributed by atoms with E-state index in [9.17, 15) is 0 Å². The van der Waals surface area contributed by atoms with Crippen LogP contribution >= 0.6 is 0 Å². The number of hydrogen-bond acceptors (Lipinski definition) is 4. The molecule has 0 aliphatic rings. The molecule has 0 fully saturated rings. The first kappa shape index (κ1) is 9.59. The van der Waals surface area contributed by atoms with E-state index in [1.54, 1.807) is 6.92 Å². The number of anilines is 1. The monoisotopic (exact) mass is 179 g/mol. The third-order valence-corrected chi connectivity index (χ3v) is 1.55. The van der Waals surface area contributed by atoms with E-state index in [1.165, 1.54) is 0 Å². The first-order chi connectivity index (χ1) is 6.33. The zero-order valence-electron chi connectivity index (χ0n) is 7.71. The van der Waals surface area contributed by atoms with Gasteiger partial charge in [0, 0.05) is 13.0 Å². The van der Waals surface area contributed by atoms with E-state index in [-0.39, 0.29) is 0 Å². The van der Waals surface area contributed by atoms with Gasteiger partial charge in [0.2, 0.25) is 0 Å². The largest absolute Gasteiger partial charge is 0.338 e. The molecule has 1 aromatic heterocycles. The van der Waals surface area contributed by atoms with Gasteiger partial charge in [0.15, 0.2) is 5.82 Å². The quantitative estimate of drug-likeness (QED) is 0.551. The lowest BCUT2D eigenvalue weighted by atomic mass is 10.2. The Morgan fingerprint density at radius 3 is 3.00 bits per heavy atom. The fourth-order valence-corrected chi connectivity index (χ4v) is 0.916. The van der Waals surface area contributed by atoms with Crippen LogP contribution in [0.25, 0.3) is 0 Å². The maximum atomic E-state index is 5.11. The molecule has 0 unspecified atom stereocenters. The van der Waals surface area contributed by atoms with Crippen molar-refractivity contribution in [3.63, 3.8) is 0 Å². The van der Waals surface area contributed by atoms with Gasteiger partial charge in [-0.25, -0.2) is 0 Å². The lowest BCUT2D eigenvalue weighted by molar-refractivity contribution is 0.425. The summed E-state index contributed by atoms with van der Waals surface area (Å²) in [6.45, 7) is 2.61. The molecule has 1 heterocycles. The number of nitrogens with zero attached hydrogens (tertiary/aromatic N) is 2. The summed E-state index contributed by atoms with van der Waals surface area (Å²) in [5, 5.41) is 6.67. The molecule has 4 nitrogen and oxygen atoms in total. The fourth-order valence-electron chi connectivity index (χ4n) is 0.916. The molecule has 0 aromatic carbocycles. The molecule has 1 N–H and O–H groups in total. The van der Waals surface area contributed by atoms with Gasteiger partial charge in [-0.1, -0.05) is 5.16 Å². The molecule has 0 saturated carbocycles. The second-order valence-corrected chi connectivity index (χ2v) is 2.73. The van der Waals surface area contributed by atoms with E-state index in [2.05, 4.69) is 21.4 Å². The molecule has 0 saturated heterocycles. The van der Waals surface area contributed by atoms with Crippen LogP contribution in [0.5, 0.6) is 0 Å². The van der Waals surface area contributed by atoms with Gasteiger partial charge in [0.25, 0.3) is 0 Å². The van der Waals surface area contributed by atoms with Crippen LogP contribution in [0.1, 0.15) is 25.1 Å². The molecule has 1 rings (SSSR count). The van der Waals surface area contributed by atoms with Crippen molar-refractivity contribution in [2.24, 2.45) is 0 Å². The predicted octanol–water partition coefficient (Wildman–Crippen LogP) is 1.59. The second kappa shape index (κ2) is 5.20. The maximum absolute atomic E-state index is 5.11. The van der Waals surface area contributed by atoms with E-state index in [0.29, 0.717) is 11.8 Å². The maximum Gasteiger partial charge on any atom is 0.321 e. The highest BCUT2D eigenvalue weighted by atomic mass is 16.5. The van der Waals surface area contributed by atoms with Crippen LogP contribution in [0.4, 0.5) is 6.01 Å². The van der Waals surface area contributed by atoms with Gasteiger partial charge in [-0.15, -0.1) is 12.3 Å². The van der Waals surface area contributed by atoms with Crippen LogP contribution in [-0.2, 0) is 0 Å². The van der Waals surface area contributed by atoms with E-state index in [4.69, 9.17) is 10.9 Å². The number of rotatable bonds is 5. The smallest absolute Gasteiger partial charge is 0.321 e. The number of nitrogens with one attached hydrogen (secondary N) is 1. The molecule has 0 aliphatic heterocycles. The van der Waals surface area contributed by atoms with Crippen LogP contribution in [-0.4, -0.2) is 16.7 Å². The highest BCUT2D eigenvalue weighted by Crippen LogP contribution is 2.02.